The van der Waals surface area contributed by atoms with E-state index in [0.29, 0.717) is 16.5 Å². The van der Waals surface area contributed by atoms with Crippen LogP contribution in [0.2, 0.25) is 0 Å². The first kappa shape index (κ1) is 18.8. The lowest BCUT2D eigenvalue weighted by Crippen LogP contribution is -2.28. The van der Waals surface area contributed by atoms with E-state index in [1.54, 1.807) is 18.2 Å². The molecule has 3 rings (SSSR count). The molecule has 0 fully saturated rings. The number of anilines is 1. The minimum atomic E-state index is -0.318. The van der Waals surface area contributed by atoms with Gasteiger partial charge in [-0.05, 0) is 50.5 Å². The van der Waals surface area contributed by atoms with Crippen molar-refractivity contribution >= 4 is 22.4 Å². The minimum absolute atomic E-state index is 0.133. The highest BCUT2D eigenvalue weighted by Crippen LogP contribution is 2.17. The lowest BCUT2D eigenvalue weighted by atomic mass is 10.1. The average Bonchev–Trinajstić information content (AvgIpc) is 2.67. The highest BCUT2D eigenvalue weighted by Gasteiger charge is 2.17. The van der Waals surface area contributed by atoms with Gasteiger partial charge in [0.05, 0.1) is 11.4 Å². The van der Waals surface area contributed by atoms with Gasteiger partial charge in [0.15, 0.2) is 5.69 Å². The monoisotopic (exact) mass is 363 g/mol. The van der Waals surface area contributed by atoms with E-state index in [2.05, 4.69) is 17.3 Å². The number of carbonyl (C=O) groups is 1. The van der Waals surface area contributed by atoms with E-state index < -0.39 is 0 Å². The highest BCUT2D eigenvalue weighted by molar-refractivity contribution is 6.11. The molecular formula is C22H25N3O2. The summed E-state index contributed by atoms with van der Waals surface area (Å²) in [7, 11) is 0. The molecule has 27 heavy (non-hydrogen) atoms. The van der Waals surface area contributed by atoms with Crippen LogP contribution in [-0.4, -0.2) is 15.7 Å². The smallest absolute Gasteiger partial charge is 0.276 e. The van der Waals surface area contributed by atoms with E-state index in [1.807, 2.05) is 44.2 Å². The molecule has 5 heteroatoms. The Balaban J connectivity index is 1.93. The molecule has 0 atom stereocenters. The number of aryl methyl sites for hydroxylation is 1. The van der Waals surface area contributed by atoms with Crippen LogP contribution in [0.15, 0.2) is 53.3 Å². The Morgan fingerprint density at radius 2 is 1.74 bits per heavy atom. The van der Waals surface area contributed by atoms with Crippen LogP contribution in [0.4, 0.5) is 5.69 Å². The first-order valence-corrected chi connectivity index (χ1v) is 9.43. The molecule has 0 saturated carbocycles. The molecule has 0 aliphatic rings. The molecule has 0 bridgehead atoms. The molecule has 0 aliphatic heterocycles. The molecular weight excluding hydrogens is 338 g/mol. The number of hydrogen-bond donors (Lipinski definition) is 1. The molecule has 1 N–H and O–H groups in total. The van der Waals surface area contributed by atoms with Crippen molar-refractivity contribution in [2.24, 2.45) is 0 Å². The van der Waals surface area contributed by atoms with Gasteiger partial charge >= 0.3 is 0 Å². The number of carbonyl (C=O) groups excluding carboxylic acids is 1. The number of aromatic nitrogens is 2. The second-order valence-corrected chi connectivity index (χ2v) is 6.99. The number of hydrogen-bond acceptors (Lipinski definition) is 3. The molecule has 0 saturated heterocycles. The Morgan fingerprint density at radius 3 is 2.37 bits per heavy atom. The van der Waals surface area contributed by atoms with E-state index in [4.69, 9.17) is 0 Å². The quantitative estimate of drug-likeness (QED) is 0.697. The van der Waals surface area contributed by atoms with Gasteiger partial charge in [-0.15, -0.1) is 0 Å². The first-order valence-electron chi connectivity index (χ1n) is 9.43. The van der Waals surface area contributed by atoms with Gasteiger partial charge in [0.25, 0.3) is 11.5 Å². The van der Waals surface area contributed by atoms with E-state index in [0.717, 1.165) is 19.3 Å². The molecule has 0 radical (unpaired) electrons. The number of amides is 1. The summed E-state index contributed by atoms with van der Waals surface area (Å²) in [5.41, 5.74) is 2.05. The Morgan fingerprint density at radius 1 is 1.07 bits per heavy atom. The number of nitrogens with zero attached hydrogens (tertiary/aromatic N) is 2. The van der Waals surface area contributed by atoms with Crippen molar-refractivity contribution in [1.29, 1.82) is 0 Å². The van der Waals surface area contributed by atoms with Crippen molar-refractivity contribution in [1.82, 2.24) is 9.78 Å². The SMILES string of the molecule is CCCCc1ccc(NC(=O)c2nn(C(C)C)c(=O)c3ccccc23)cc1. The van der Waals surface area contributed by atoms with Crippen LogP contribution in [0.25, 0.3) is 10.8 Å². The zero-order valence-electron chi connectivity index (χ0n) is 16.0. The standard InChI is InChI=1S/C22H25N3O2/c1-4-5-8-16-11-13-17(14-12-16)23-21(26)20-18-9-6-7-10-19(18)22(27)25(24-20)15(2)3/h6-7,9-15H,4-5,8H2,1-3H3,(H,23,26). The van der Waals surface area contributed by atoms with Gasteiger partial charge in [0.1, 0.15) is 0 Å². The number of rotatable bonds is 6. The van der Waals surface area contributed by atoms with E-state index in [-0.39, 0.29) is 23.2 Å². The van der Waals surface area contributed by atoms with Crippen LogP contribution in [0, 0.1) is 0 Å². The minimum Gasteiger partial charge on any atom is -0.321 e. The van der Waals surface area contributed by atoms with Gasteiger partial charge in [-0.2, -0.15) is 5.10 Å². The van der Waals surface area contributed by atoms with E-state index in [1.165, 1.54) is 10.2 Å². The summed E-state index contributed by atoms with van der Waals surface area (Å²) >= 11 is 0. The van der Waals surface area contributed by atoms with Gasteiger partial charge in [0.2, 0.25) is 0 Å². The van der Waals surface area contributed by atoms with Crippen LogP contribution in [0.3, 0.4) is 0 Å². The summed E-state index contributed by atoms with van der Waals surface area (Å²) in [6, 6.07) is 14.8. The van der Waals surface area contributed by atoms with Gasteiger partial charge in [-0.25, -0.2) is 4.68 Å². The van der Waals surface area contributed by atoms with Crippen molar-refractivity contribution in [3.05, 3.63) is 70.1 Å². The lowest BCUT2D eigenvalue weighted by Gasteiger charge is -2.13. The molecule has 1 amide bonds. The molecule has 1 heterocycles. The average molecular weight is 363 g/mol. The van der Waals surface area contributed by atoms with E-state index in [9.17, 15) is 9.59 Å². The lowest BCUT2D eigenvalue weighted by molar-refractivity contribution is 0.102. The molecule has 140 valence electrons. The Kier molecular flexibility index (Phi) is 5.69. The van der Waals surface area contributed by atoms with Crippen molar-refractivity contribution in [3.63, 3.8) is 0 Å². The van der Waals surface area contributed by atoms with Crippen LogP contribution in [0.5, 0.6) is 0 Å². The second-order valence-electron chi connectivity index (χ2n) is 6.99. The molecule has 0 unspecified atom stereocenters. The predicted octanol–water partition coefficient (Wildman–Crippen LogP) is 4.57. The maximum atomic E-state index is 12.9. The van der Waals surface area contributed by atoms with Crippen LogP contribution in [0.1, 0.15) is 55.7 Å². The van der Waals surface area contributed by atoms with Crippen molar-refractivity contribution < 1.29 is 4.79 Å². The first-order chi connectivity index (χ1) is 13.0. The van der Waals surface area contributed by atoms with Crippen molar-refractivity contribution in [2.45, 2.75) is 46.1 Å². The number of benzene rings is 2. The van der Waals surface area contributed by atoms with E-state index >= 15 is 0 Å². The zero-order valence-corrected chi connectivity index (χ0v) is 16.0. The molecule has 0 spiro atoms. The summed E-state index contributed by atoms with van der Waals surface area (Å²) < 4.78 is 1.37. The Bertz CT molecular complexity index is 1000. The normalized spacial score (nSPS) is 11.1. The van der Waals surface area contributed by atoms with Crippen LogP contribution in [-0.2, 0) is 6.42 Å². The third-order valence-electron chi connectivity index (χ3n) is 4.56. The molecule has 3 aromatic rings. The van der Waals surface area contributed by atoms with Crippen molar-refractivity contribution in [3.8, 4) is 0 Å². The summed E-state index contributed by atoms with van der Waals surface area (Å²) in [5, 5.41) is 8.32. The van der Waals surface area contributed by atoms with Crippen LogP contribution < -0.4 is 10.9 Å². The maximum absolute atomic E-state index is 12.9. The Hall–Kier alpha value is -2.95. The predicted molar refractivity (Wildman–Crippen MR) is 109 cm³/mol. The number of fused-ring (bicyclic) bond motifs is 1. The topological polar surface area (TPSA) is 64.0 Å². The maximum Gasteiger partial charge on any atom is 0.276 e. The van der Waals surface area contributed by atoms with Gasteiger partial charge < -0.3 is 5.32 Å². The largest absolute Gasteiger partial charge is 0.321 e. The molecule has 5 nitrogen and oxygen atoms in total. The van der Waals surface area contributed by atoms with Crippen molar-refractivity contribution in [2.75, 3.05) is 5.32 Å². The molecule has 1 aromatic heterocycles. The number of unbranched alkanes of at least 4 members (excludes halogenated alkanes) is 1. The molecule has 2 aromatic carbocycles. The summed E-state index contributed by atoms with van der Waals surface area (Å²) in [4.78, 5) is 25.5. The fourth-order valence-corrected chi connectivity index (χ4v) is 3.05. The summed E-state index contributed by atoms with van der Waals surface area (Å²) in [6.45, 7) is 5.92. The fraction of sp³-hybridized carbons (Fsp3) is 0.318. The number of nitrogens with one attached hydrogen (secondary N) is 1. The van der Waals surface area contributed by atoms with Crippen LogP contribution >= 0.6 is 0 Å². The third-order valence-corrected chi connectivity index (χ3v) is 4.56. The zero-order chi connectivity index (χ0) is 19.4. The summed E-state index contributed by atoms with van der Waals surface area (Å²) in [5.74, 6) is -0.318. The Labute approximate surface area is 159 Å². The fourth-order valence-electron chi connectivity index (χ4n) is 3.05. The van der Waals surface area contributed by atoms with Gasteiger partial charge in [0, 0.05) is 11.1 Å². The third kappa shape index (κ3) is 4.08. The molecule has 0 aliphatic carbocycles. The van der Waals surface area contributed by atoms with Gasteiger partial charge in [-0.3, -0.25) is 9.59 Å². The highest BCUT2D eigenvalue weighted by atomic mass is 16.2. The van der Waals surface area contributed by atoms with Gasteiger partial charge in [-0.1, -0.05) is 43.7 Å². The second kappa shape index (κ2) is 8.16. The summed E-state index contributed by atoms with van der Waals surface area (Å²) in [6.07, 6.45) is 3.34.